The van der Waals surface area contributed by atoms with Gasteiger partial charge in [-0.2, -0.15) is 0 Å². The lowest BCUT2D eigenvalue weighted by molar-refractivity contribution is 0.394. The molecule has 0 aliphatic heterocycles. The highest BCUT2D eigenvalue weighted by Crippen LogP contribution is 2.10. The molecule has 1 unspecified atom stereocenters. The topological polar surface area (TPSA) is 34.1 Å². The summed E-state index contributed by atoms with van der Waals surface area (Å²) in [6.07, 6.45) is 3.33. The molecule has 0 amide bonds. The first-order valence-electron chi connectivity index (χ1n) is 5.47. The smallest absolute Gasteiger partial charge is 0.213 e. The first-order valence-corrected chi connectivity index (χ1v) is 5.47. The van der Waals surface area contributed by atoms with Crippen molar-refractivity contribution < 1.29 is 4.74 Å². The van der Waals surface area contributed by atoms with Crippen molar-refractivity contribution >= 4 is 0 Å². The first-order chi connectivity index (χ1) is 7.30. The molecule has 0 spiro atoms. The predicted molar refractivity (Wildman–Crippen MR) is 62.2 cm³/mol. The Morgan fingerprint density at radius 3 is 2.87 bits per heavy atom. The van der Waals surface area contributed by atoms with Crippen LogP contribution < -0.4 is 10.1 Å². The fourth-order valence-corrected chi connectivity index (χ4v) is 1.63. The number of likely N-dealkylation sites (N-methyl/N-ethyl adjacent to an activating group) is 1. The van der Waals surface area contributed by atoms with Crippen LogP contribution >= 0.6 is 0 Å². The summed E-state index contributed by atoms with van der Waals surface area (Å²) in [4.78, 5) is 4.40. The van der Waals surface area contributed by atoms with Gasteiger partial charge in [-0.05, 0) is 19.5 Å². The Balaban J connectivity index is 2.61. The molecule has 1 heterocycles. The second-order valence-corrected chi connectivity index (χ2v) is 3.65. The van der Waals surface area contributed by atoms with Crippen LogP contribution in [0.1, 0.15) is 25.5 Å². The van der Waals surface area contributed by atoms with Gasteiger partial charge in [-0.3, -0.25) is 0 Å². The number of nitrogens with one attached hydrogen (secondary N) is 1. The van der Waals surface area contributed by atoms with Crippen LogP contribution in [0.4, 0.5) is 0 Å². The molecule has 3 heteroatoms. The maximum atomic E-state index is 5.10. The number of hydrogen-bond acceptors (Lipinski definition) is 3. The maximum absolute atomic E-state index is 5.10. The summed E-state index contributed by atoms with van der Waals surface area (Å²) in [5.41, 5.74) is 1.09. The third-order valence-corrected chi connectivity index (χ3v) is 2.49. The van der Waals surface area contributed by atoms with Crippen LogP contribution in [0.25, 0.3) is 0 Å². The van der Waals surface area contributed by atoms with Gasteiger partial charge >= 0.3 is 0 Å². The highest BCUT2D eigenvalue weighted by Gasteiger charge is 2.07. The minimum Gasteiger partial charge on any atom is -0.481 e. The fraction of sp³-hybridized carbons (Fsp3) is 0.583. The number of nitrogens with zero attached hydrogens (tertiary/aromatic N) is 1. The molecule has 15 heavy (non-hydrogen) atoms. The van der Waals surface area contributed by atoms with E-state index in [0.29, 0.717) is 11.9 Å². The van der Waals surface area contributed by atoms with Crippen LogP contribution in [0.3, 0.4) is 0 Å². The molecule has 1 aromatic heterocycles. The molecule has 0 aliphatic carbocycles. The Labute approximate surface area is 91.9 Å². The van der Waals surface area contributed by atoms with Gasteiger partial charge in [-0.25, -0.2) is 4.98 Å². The van der Waals surface area contributed by atoms with Gasteiger partial charge < -0.3 is 10.1 Å². The molecule has 1 N–H and O–H groups in total. The highest BCUT2D eigenvalue weighted by molar-refractivity contribution is 5.16. The van der Waals surface area contributed by atoms with Gasteiger partial charge in [0.05, 0.1) is 7.11 Å². The molecule has 1 rings (SSSR count). The van der Waals surface area contributed by atoms with E-state index in [0.717, 1.165) is 12.1 Å². The predicted octanol–water partition coefficient (Wildman–Crippen LogP) is 2.02. The molecule has 1 aromatic rings. The number of pyridine rings is 1. The lowest BCUT2D eigenvalue weighted by Crippen LogP contribution is -2.27. The Morgan fingerprint density at radius 2 is 2.27 bits per heavy atom. The Bertz CT molecular complexity index is 289. The fourth-order valence-electron chi connectivity index (χ4n) is 1.63. The molecular weight excluding hydrogens is 188 g/mol. The summed E-state index contributed by atoms with van der Waals surface area (Å²) in [6, 6.07) is 6.41. The van der Waals surface area contributed by atoms with Gasteiger partial charge in [0.2, 0.25) is 5.88 Å². The van der Waals surface area contributed by atoms with Crippen LogP contribution in [-0.4, -0.2) is 25.2 Å². The molecule has 0 fully saturated rings. The third kappa shape index (κ3) is 3.88. The molecule has 0 saturated carbocycles. The molecule has 84 valence electrons. The summed E-state index contributed by atoms with van der Waals surface area (Å²) >= 11 is 0. The summed E-state index contributed by atoms with van der Waals surface area (Å²) in [6.45, 7) is 2.20. The van der Waals surface area contributed by atoms with Crippen molar-refractivity contribution in [2.24, 2.45) is 0 Å². The summed E-state index contributed by atoms with van der Waals surface area (Å²) in [5, 5.41) is 3.31. The zero-order valence-electron chi connectivity index (χ0n) is 9.79. The monoisotopic (exact) mass is 208 g/mol. The van der Waals surface area contributed by atoms with Crippen LogP contribution in [-0.2, 0) is 6.42 Å². The van der Waals surface area contributed by atoms with Gasteiger partial charge in [-0.15, -0.1) is 0 Å². The number of aromatic nitrogens is 1. The first kappa shape index (κ1) is 12.0. The molecular formula is C12H20N2O. The van der Waals surface area contributed by atoms with Gasteiger partial charge in [0.1, 0.15) is 0 Å². The zero-order valence-corrected chi connectivity index (χ0v) is 9.79. The van der Waals surface area contributed by atoms with E-state index in [9.17, 15) is 0 Å². The summed E-state index contributed by atoms with van der Waals surface area (Å²) in [7, 11) is 3.65. The van der Waals surface area contributed by atoms with E-state index >= 15 is 0 Å². The third-order valence-electron chi connectivity index (χ3n) is 2.49. The number of hydrogen-bond donors (Lipinski definition) is 1. The van der Waals surface area contributed by atoms with Crippen molar-refractivity contribution in [3.05, 3.63) is 23.9 Å². The largest absolute Gasteiger partial charge is 0.481 e. The standard InChI is InChI=1S/C12H20N2O/c1-4-6-10(13-2)9-11-7-5-8-12(14-11)15-3/h5,7-8,10,13H,4,6,9H2,1-3H3. The van der Waals surface area contributed by atoms with Crippen molar-refractivity contribution in [1.29, 1.82) is 0 Å². The van der Waals surface area contributed by atoms with Crippen molar-refractivity contribution in [2.45, 2.75) is 32.2 Å². The minimum absolute atomic E-state index is 0.509. The highest BCUT2D eigenvalue weighted by atomic mass is 16.5. The molecule has 0 bridgehead atoms. The van der Waals surface area contributed by atoms with E-state index in [1.807, 2.05) is 25.2 Å². The van der Waals surface area contributed by atoms with Crippen molar-refractivity contribution in [3.8, 4) is 5.88 Å². The number of rotatable bonds is 6. The Hall–Kier alpha value is -1.09. The second-order valence-electron chi connectivity index (χ2n) is 3.65. The van der Waals surface area contributed by atoms with Gasteiger partial charge in [0.25, 0.3) is 0 Å². The van der Waals surface area contributed by atoms with Gasteiger partial charge in [0.15, 0.2) is 0 Å². The maximum Gasteiger partial charge on any atom is 0.213 e. The van der Waals surface area contributed by atoms with Gasteiger partial charge in [0, 0.05) is 24.2 Å². The molecule has 0 aromatic carbocycles. The van der Waals surface area contributed by atoms with Crippen molar-refractivity contribution in [3.63, 3.8) is 0 Å². The van der Waals surface area contributed by atoms with E-state index in [1.54, 1.807) is 7.11 Å². The van der Waals surface area contributed by atoms with Crippen molar-refractivity contribution in [1.82, 2.24) is 10.3 Å². The van der Waals surface area contributed by atoms with Crippen LogP contribution in [0.15, 0.2) is 18.2 Å². The lowest BCUT2D eigenvalue weighted by Gasteiger charge is -2.14. The van der Waals surface area contributed by atoms with E-state index in [2.05, 4.69) is 17.2 Å². The molecule has 3 nitrogen and oxygen atoms in total. The average molecular weight is 208 g/mol. The quantitative estimate of drug-likeness (QED) is 0.776. The summed E-state index contributed by atoms with van der Waals surface area (Å²) in [5.74, 6) is 0.693. The van der Waals surface area contributed by atoms with E-state index in [4.69, 9.17) is 4.74 Å². The molecule has 0 saturated heterocycles. The number of methoxy groups -OCH3 is 1. The molecule has 1 atom stereocenters. The average Bonchev–Trinajstić information content (AvgIpc) is 2.29. The minimum atomic E-state index is 0.509. The van der Waals surface area contributed by atoms with E-state index in [-0.39, 0.29) is 0 Å². The van der Waals surface area contributed by atoms with E-state index < -0.39 is 0 Å². The normalized spacial score (nSPS) is 12.5. The van der Waals surface area contributed by atoms with E-state index in [1.165, 1.54) is 12.8 Å². The Morgan fingerprint density at radius 1 is 1.47 bits per heavy atom. The molecule has 0 radical (unpaired) electrons. The van der Waals surface area contributed by atoms with Crippen LogP contribution in [0.5, 0.6) is 5.88 Å². The summed E-state index contributed by atoms with van der Waals surface area (Å²) < 4.78 is 5.10. The van der Waals surface area contributed by atoms with Crippen LogP contribution in [0, 0.1) is 0 Å². The zero-order chi connectivity index (χ0) is 11.1. The Kier molecular flexibility index (Phi) is 5.12. The van der Waals surface area contributed by atoms with Gasteiger partial charge in [-0.1, -0.05) is 19.4 Å². The van der Waals surface area contributed by atoms with Crippen LogP contribution in [0.2, 0.25) is 0 Å². The second kappa shape index (κ2) is 6.40. The molecule has 0 aliphatic rings. The lowest BCUT2D eigenvalue weighted by atomic mass is 10.1. The SMILES string of the molecule is CCCC(Cc1cccc(OC)n1)NC. The van der Waals surface area contributed by atoms with Crippen molar-refractivity contribution in [2.75, 3.05) is 14.2 Å². The number of ether oxygens (including phenoxy) is 1.